The molecule has 0 bridgehead atoms. The molecule has 2 N–H and O–H groups in total. The smallest absolute Gasteiger partial charge is 0.223 e. The highest BCUT2D eigenvalue weighted by molar-refractivity contribution is 5.78. The molecule has 2 rings (SSSR count). The summed E-state index contributed by atoms with van der Waals surface area (Å²) in [4.78, 5) is 11.8. The van der Waals surface area contributed by atoms with Crippen LogP contribution < -0.4 is 10.6 Å². The number of hydrogen-bond donors (Lipinski definition) is 2. The minimum Gasteiger partial charge on any atom is -0.376 e. The van der Waals surface area contributed by atoms with Crippen molar-refractivity contribution in [1.29, 1.82) is 0 Å². The zero-order valence-electron chi connectivity index (χ0n) is 10.5. The van der Waals surface area contributed by atoms with Gasteiger partial charge in [0.05, 0.1) is 12.7 Å². The van der Waals surface area contributed by atoms with Gasteiger partial charge in [0, 0.05) is 12.5 Å². The Labute approximate surface area is 103 Å². The van der Waals surface area contributed by atoms with Gasteiger partial charge in [-0.25, -0.2) is 0 Å². The first kappa shape index (κ1) is 12.8. The van der Waals surface area contributed by atoms with Crippen molar-refractivity contribution in [3.63, 3.8) is 0 Å². The van der Waals surface area contributed by atoms with Crippen molar-refractivity contribution >= 4 is 5.91 Å². The van der Waals surface area contributed by atoms with Crippen LogP contribution in [0.2, 0.25) is 0 Å². The quantitative estimate of drug-likeness (QED) is 0.707. The van der Waals surface area contributed by atoms with Gasteiger partial charge in [-0.05, 0) is 38.8 Å². The topological polar surface area (TPSA) is 50.4 Å². The number of ether oxygens (including phenoxy) is 1. The average Bonchev–Trinajstić information content (AvgIpc) is 2.88. The van der Waals surface area contributed by atoms with Crippen LogP contribution in [0, 0.1) is 5.92 Å². The van der Waals surface area contributed by atoms with Crippen LogP contribution in [0.1, 0.15) is 38.5 Å². The highest BCUT2D eigenvalue weighted by Crippen LogP contribution is 2.20. The van der Waals surface area contributed by atoms with Crippen LogP contribution >= 0.6 is 0 Å². The summed E-state index contributed by atoms with van der Waals surface area (Å²) >= 11 is 0. The van der Waals surface area contributed by atoms with Crippen molar-refractivity contribution < 1.29 is 9.53 Å². The van der Waals surface area contributed by atoms with Gasteiger partial charge in [0.1, 0.15) is 0 Å². The lowest BCUT2D eigenvalue weighted by Gasteiger charge is -2.21. The van der Waals surface area contributed by atoms with Gasteiger partial charge in [-0.15, -0.1) is 0 Å². The average molecular weight is 240 g/mol. The molecule has 1 aliphatic heterocycles. The van der Waals surface area contributed by atoms with E-state index in [0.29, 0.717) is 19.3 Å². The van der Waals surface area contributed by atoms with E-state index < -0.39 is 0 Å². The van der Waals surface area contributed by atoms with Gasteiger partial charge >= 0.3 is 0 Å². The second-order valence-corrected chi connectivity index (χ2v) is 5.09. The molecule has 0 radical (unpaired) electrons. The lowest BCUT2D eigenvalue weighted by Crippen LogP contribution is -2.39. The predicted molar refractivity (Wildman–Crippen MR) is 66.8 cm³/mol. The maximum absolute atomic E-state index is 11.8. The molecule has 98 valence electrons. The summed E-state index contributed by atoms with van der Waals surface area (Å²) < 4.78 is 5.71. The van der Waals surface area contributed by atoms with E-state index in [4.69, 9.17) is 4.74 Å². The number of rotatable bonds is 5. The molecule has 1 aliphatic carbocycles. The lowest BCUT2D eigenvalue weighted by atomic mass is 9.97. The van der Waals surface area contributed by atoms with Gasteiger partial charge in [-0.2, -0.15) is 0 Å². The largest absolute Gasteiger partial charge is 0.376 e. The van der Waals surface area contributed by atoms with Crippen LogP contribution in [0.3, 0.4) is 0 Å². The first-order valence-corrected chi connectivity index (χ1v) is 6.96. The molecular formula is C13H24N2O2. The molecular weight excluding hydrogens is 216 g/mol. The molecule has 4 nitrogen and oxygen atoms in total. The maximum Gasteiger partial charge on any atom is 0.223 e. The van der Waals surface area contributed by atoms with Crippen molar-refractivity contribution in [2.75, 3.05) is 26.2 Å². The Morgan fingerprint density at radius 3 is 2.59 bits per heavy atom. The molecule has 0 spiro atoms. The molecule has 0 aromatic carbocycles. The Morgan fingerprint density at radius 1 is 1.18 bits per heavy atom. The Hall–Kier alpha value is -0.610. The Kier molecular flexibility index (Phi) is 5.26. The standard InChI is InChI=1S/C13H24N2O2/c16-13(11-5-7-14-8-6-11)15-9-10-17-12-3-1-2-4-12/h11-12,14H,1-10H2,(H,15,16). The van der Waals surface area contributed by atoms with Crippen molar-refractivity contribution in [3.8, 4) is 0 Å². The van der Waals surface area contributed by atoms with Gasteiger partial charge in [0.15, 0.2) is 0 Å². The summed E-state index contributed by atoms with van der Waals surface area (Å²) in [6, 6.07) is 0. The molecule has 2 fully saturated rings. The summed E-state index contributed by atoms with van der Waals surface area (Å²) in [7, 11) is 0. The lowest BCUT2D eigenvalue weighted by molar-refractivity contribution is -0.126. The Morgan fingerprint density at radius 2 is 1.88 bits per heavy atom. The Bertz CT molecular complexity index is 234. The molecule has 1 amide bonds. The van der Waals surface area contributed by atoms with Gasteiger partial charge < -0.3 is 15.4 Å². The van der Waals surface area contributed by atoms with Crippen LogP contribution in [0.25, 0.3) is 0 Å². The summed E-state index contributed by atoms with van der Waals surface area (Å²) in [5.74, 6) is 0.421. The molecule has 0 aromatic rings. The van der Waals surface area contributed by atoms with Crippen molar-refractivity contribution in [1.82, 2.24) is 10.6 Å². The molecule has 1 saturated carbocycles. The normalized spacial score (nSPS) is 22.8. The first-order chi connectivity index (χ1) is 8.36. The predicted octanol–water partition coefficient (Wildman–Crippen LogP) is 1.06. The van der Waals surface area contributed by atoms with Crippen molar-refractivity contribution in [2.24, 2.45) is 5.92 Å². The number of hydrogen-bond acceptors (Lipinski definition) is 3. The summed E-state index contributed by atoms with van der Waals surface area (Å²) in [5.41, 5.74) is 0. The zero-order valence-corrected chi connectivity index (χ0v) is 10.5. The van der Waals surface area contributed by atoms with Gasteiger partial charge in [-0.3, -0.25) is 4.79 Å². The van der Waals surface area contributed by atoms with E-state index in [-0.39, 0.29) is 11.8 Å². The minimum atomic E-state index is 0.210. The van der Waals surface area contributed by atoms with E-state index in [9.17, 15) is 4.79 Å². The summed E-state index contributed by atoms with van der Waals surface area (Å²) in [6.45, 7) is 3.27. The van der Waals surface area contributed by atoms with Crippen LogP contribution in [0.4, 0.5) is 0 Å². The summed E-state index contributed by atoms with van der Waals surface area (Å²) in [6.07, 6.45) is 7.37. The number of amides is 1. The fraction of sp³-hybridized carbons (Fsp3) is 0.923. The molecule has 0 unspecified atom stereocenters. The zero-order chi connectivity index (χ0) is 11.9. The van der Waals surface area contributed by atoms with Crippen LogP contribution in [-0.4, -0.2) is 38.3 Å². The first-order valence-electron chi connectivity index (χ1n) is 6.96. The molecule has 4 heteroatoms. The van der Waals surface area contributed by atoms with Gasteiger partial charge in [0.2, 0.25) is 5.91 Å². The van der Waals surface area contributed by atoms with E-state index in [2.05, 4.69) is 10.6 Å². The van der Waals surface area contributed by atoms with E-state index in [1.54, 1.807) is 0 Å². The van der Waals surface area contributed by atoms with E-state index in [1.165, 1.54) is 25.7 Å². The van der Waals surface area contributed by atoms with Crippen LogP contribution in [0.5, 0.6) is 0 Å². The number of carbonyl (C=O) groups is 1. The third-order valence-corrected chi connectivity index (χ3v) is 3.77. The second kappa shape index (κ2) is 6.97. The van der Waals surface area contributed by atoms with Crippen LogP contribution in [-0.2, 0) is 9.53 Å². The van der Waals surface area contributed by atoms with E-state index >= 15 is 0 Å². The van der Waals surface area contributed by atoms with Gasteiger partial charge in [0.25, 0.3) is 0 Å². The molecule has 0 atom stereocenters. The highest BCUT2D eigenvalue weighted by atomic mass is 16.5. The highest BCUT2D eigenvalue weighted by Gasteiger charge is 2.20. The molecule has 1 heterocycles. The number of piperidine rings is 1. The third kappa shape index (κ3) is 4.28. The minimum absolute atomic E-state index is 0.210. The van der Waals surface area contributed by atoms with E-state index in [1.807, 2.05) is 0 Å². The monoisotopic (exact) mass is 240 g/mol. The fourth-order valence-corrected chi connectivity index (χ4v) is 2.68. The third-order valence-electron chi connectivity index (χ3n) is 3.77. The molecule has 17 heavy (non-hydrogen) atoms. The fourth-order valence-electron chi connectivity index (χ4n) is 2.68. The van der Waals surface area contributed by atoms with Gasteiger partial charge in [-0.1, -0.05) is 12.8 Å². The van der Waals surface area contributed by atoms with Crippen molar-refractivity contribution in [3.05, 3.63) is 0 Å². The summed E-state index contributed by atoms with van der Waals surface area (Å²) in [5, 5.41) is 6.25. The molecule has 2 aliphatic rings. The van der Waals surface area contributed by atoms with Crippen molar-refractivity contribution in [2.45, 2.75) is 44.6 Å². The number of nitrogens with one attached hydrogen (secondary N) is 2. The number of carbonyl (C=O) groups excluding carboxylic acids is 1. The van der Waals surface area contributed by atoms with E-state index in [0.717, 1.165) is 25.9 Å². The Balaban J connectivity index is 1.53. The maximum atomic E-state index is 11.8. The SMILES string of the molecule is O=C(NCCOC1CCCC1)C1CCNCC1. The second-order valence-electron chi connectivity index (χ2n) is 5.09. The molecule has 0 aromatic heterocycles. The molecule has 1 saturated heterocycles. The van der Waals surface area contributed by atoms with Crippen LogP contribution in [0.15, 0.2) is 0 Å².